The number of rotatable bonds is 49. The molecule has 0 bridgehead atoms. The van der Waals surface area contributed by atoms with Crippen molar-refractivity contribution in [2.75, 3.05) is 139 Å². The van der Waals surface area contributed by atoms with Crippen molar-refractivity contribution in [1.82, 2.24) is 5.32 Å². The van der Waals surface area contributed by atoms with Gasteiger partial charge in [-0.1, -0.05) is 134 Å². The Morgan fingerprint density at radius 3 is 1.00 bits per heavy atom. The summed E-state index contributed by atoms with van der Waals surface area (Å²) in [6, 6.07) is 9.53. The van der Waals surface area contributed by atoms with Gasteiger partial charge < -0.3 is 57.4 Å². The molecule has 346 valence electrons. The average Bonchev–Trinajstić information content (AvgIpc) is 3.25. The van der Waals surface area contributed by atoms with Crippen molar-refractivity contribution >= 4 is 6.09 Å². The molecule has 1 rings (SSSR count). The number of carbonyl (C=O) groups is 1. The highest BCUT2D eigenvalue weighted by Crippen LogP contribution is 2.13. The summed E-state index contributed by atoms with van der Waals surface area (Å²) in [7, 11) is 0. The Kier molecular flexibility index (Phi) is 45.5. The van der Waals surface area contributed by atoms with Crippen LogP contribution in [0, 0.1) is 0 Å². The molecule has 0 heterocycles. The van der Waals surface area contributed by atoms with Gasteiger partial charge in [-0.3, -0.25) is 0 Å². The van der Waals surface area contributed by atoms with Crippen LogP contribution in [0.2, 0.25) is 0 Å². The Morgan fingerprint density at radius 1 is 0.373 bits per heavy atom. The van der Waals surface area contributed by atoms with Gasteiger partial charge in [0.25, 0.3) is 0 Å². The number of unbranched alkanes of at least 4 members (excludes halogenated alkanes) is 15. The van der Waals surface area contributed by atoms with Gasteiger partial charge in [-0.25, -0.2) is 4.79 Å². The second kappa shape index (κ2) is 48.8. The molecule has 59 heavy (non-hydrogen) atoms. The van der Waals surface area contributed by atoms with Crippen molar-refractivity contribution in [3.63, 3.8) is 0 Å². The van der Waals surface area contributed by atoms with Crippen molar-refractivity contribution in [3.8, 4) is 0 Å². The lowest BCUT2D eigenvalue weighted by molar-refractivity contribution is -0.0264. The summed E-state index contributed by atoms with van der Waals surface area (Å²) in [5, 5.41) is 2.65. The van der Waals surface area contributed by atoms with Gasteiger partial charge in [-0.05, 0) is 12.0 Å². The Labute approximate surface area is 358 Å². The topological polar surface area (TPSA) is 131 Å². The summed E-state index contributed by atoms with van der Waals surface area (Å²) < 4.78 is 60.4. The maximum absolute atomic E-state index is 11.7. The molecule has 1 aromatic carbocycles. The number of benzene rings is 1. The van der Waals surface area contributed by atoms with E-state index < -0.39 is 6.09 Å². The number of hydrogen-bond donors (Lipinski definition) is 1. The molecule has 0 aliphatic carbocycles. The van der Waals surface area contributed by atoms with Crippen LogP contribution in [0.1, 0.15) is 115 Å². The Hall–Kier alpha value is -1.91. The first-order valence-corrected chi connectivity index (χ1v) is 23.0. The number of ether oxygens (including phenoxy) is 11. The quantitative estimate of drug-likeness (QED) is 0.0633. The van der Waals surface area contributed by atoms with Gasteiger partial charge in [0.2, 0.25) is 0 Å². The molecular weight excluding hydrogens is 759 g/mol. The molecule has 1 amide bonds. The van der Waals surface area contributed by atoms with Crippen molar-refractivity contribution in [3.05, 3.63) is 35.9 Å². The zero-order valence-corrected chi connectivity index (χ0v) is 37.2. The van der Waals surface area contributed by atoms with E-state index >= 15 is 0 Å². The molecule has 0 aliphatic heterocycles. The first kappa shape index (κ1) is 55.1. The number of carbonyl (C=O) groups excluding carboxylic acids is 1. The second-order valence-corrected chi connectivity index (χ2v) is 14.4. The minimum atomic E-state index is -0.465. The van der Waals surface area contributed by atoms with Crippen LogP contribution in [0.15, 0.2) is 30.3 Å². The van der Waals surface area contributed by atoms with Crippen LogP contribution < -0.4 is 5.32 Å². The molecule has 13 nitrogen and oxygen atoms in total. The fourth-order valence-electron chi connectivity index (χ4n) is 5.83. The molecule has 0 aliphatic rings. The molecule has 0 fully saturated rings. The molecule has 0 saturated heterocycles. The lowest BCUT2D eigenvalue weighted by Crippen LogP contribution is -2.28. The van der Waals surface area contributed by atoms with E-state index in [1.807, 2.05) is 30.3 Å². The van der Waals surface area contributed by atoms with Crippen LogP contribution in [0.25, 0.3) is 0 Å². The van der Waals surface area contributed by atoms with E-state index in [0.717, 1.165) is 18.6 Å². The molecule has 0 aromatic heterocycles. The van der Waals surface area contributed by atoms with Crippen molar-refractivity contribution in [1.29, 1.82) is 0 Å². The van der Waals surface area contributed by atoms with E-state index in [1.54, 1.807) is 0 Å². The predicted molar refractivity (Wildman–Crippen MR) is 232 cm³/mol. The fourth-order valence-corrected chi connectivity index (χ4v) is 5.83. The third-order valence-corrected chi connectivity index (χ3v) is 9.22. The monoisotopic (exact) mass is 844 g/mol. The van der Waals surface area contributed by atoms with Gasteiger partial charge in [0.05, 0.1) is 126 Å². The Morgan fingerprint density at radius 2 is 0.661 bits per heavy atom. The van der Waals surface area contributed by atoms with Crippen LogP contribution in [-0.4, -0.2) is 145 Å². The van der Waals surface area contributed by atoms with Crippen molar-refractivity contribution in [2.45, 2.75) is 116 Å². The summed E-state index contributed by atoms with van der Waals surface area (Å²) >= 11 is 0. The molecule has 0 saturated carbocycles. The SMILES string of the molecule is CCCCCCCCCCCCCCCCCCOCCOCCOCCOCCOCCOCCOCCOCCOCCOCCNC(=O)OCc1ccccc1. The molecule has 0 unspecified atom stereocenters. The molecule has 0 spiro atoms. The normalized spacial score (nSPS) is 11.4. The van der Waals surface area contributed by atoms with Gasteiger partial charge in [0.15, 0.2) is 0 Å². The fraction of sp³-hybridized carbons (Fsp3) is 0.848. The molecule has 0 atom stereocenters. The smallest absolute Gasteiger partial charge is 0.407 e. The molecule has 1 N–H and O–H groups in total. The maximum Gasteiger partial charge on any atom is 0.407 e. The standard InChI is InChI=1S/C46H85NO12/c1-2-3-4-5-6-7-8-9-10-11-12-13-14-15-16-20-24-49-26-28-51-30-32-53-34-36-55-38-40-57-42-43-58-41-39-56-37-35-54-33-31-52-29-27-50-25-23-47-46(48)59-44-45-21-18-17-19-22-45/h17-19,21-22H,2-16,20,23-44H2,1H3,(H,47,48). The van der Waals surface area contributed by atoms with Crippen LogP contribution >= 0.6 is 0 Å². The first-order chi connectivity index (χ1) is 29.3. The summed E-state index contributed by atoms with van der Waals surface area (Å²) in [6.45, 7) is 13.4. The zero-order chi connectivity index (χ0) is 42.0. The van der Waals surface area contributed by atoms with Gasteiger partial charge in [-0.15, -0.1) is 0 Å². The van der Waals surface area contributed by atoms with Crippen molar-refractivity contribution in [2.24, 2.45) is 0 Å². The van der Waals surface area contributed by atoms with Gasteiger partial charge in [0, 0.05) is 13.2 Å². The summed E-state index contributed by atoms with van der Waals surface area (Å²) in [4.78, 5) is 11.7. The minimum Gasteiger partial charge on any atom is -0.445 e. The number of alkyl carbamates (subject to hydrolysis) is 1. The van der Waals surface area contributed by atoms with Crippen LogP contribution in [0.3, 0.4) is 0 Å². The highest BCUT2D eigenvalue weighted by molar-refractivity contribution is 5.67. The Balaban J connectivity index is 1.61. The van der Waals surface area contributed by atoms with E-state index in [1.165, 1.54) is 96.3 Å². The van der Waals surface area contributed by atoms with E-state index in [4.69, 9.17) is 52.1 Å². The molecule has 0 radical (unpaired) electrons. The van der Waals surface area contributed by atoms with Crippen molar-refractivity contribution < 1.29 is 56.9 Å². The third-order valence-electron chi connectivity index (χ3n) is 9.22. The highest BCUT2D eigenvalue weighted by Gasteiger charge is 2.02. The number of nitrogens with one attached hydrogen (secondary N) is 1. The Bertz CT molecular complexity index is 948. The number of hydrogen-bond acceptors (Lipinski definition) is 12. The summed E-state index contributed by atoms with van der Waals surface area (Å²) in [5.74, 6) is 0. The minimum absolute atomic E-state index is 0.240. The van der Waals surface area contributed by atoms with Crippen LogP contribution in [0.4, 0.5) is 4.79 Å². The lowest BCUT2D eigenvalue weighted by atomic mass is 10.0. The van der Waals surface area contributed by atoms with Gasteiger partial charge in [0.1, 0.15) is 6.61 Å². The molecule has 13 heteroatoms. The molecular formula is C46H85NO12. The third kappa shape index (κ3) is 45.4. The maximum atomic E-state index is 11.7. The van der Waals surface area contributed by atoms with Crippen LogP contribution in [-0.2, 0) is 58.7 Å². The van der Waals surface area contributed by atoms with E-state index in [0.29, 0.717) is 132 Å². The summed E-state index contributed by atoms with van der Waals surface area (Å²) in [6.07, 6.45) is 21.7. The van der Waals surface area contributed by atoms with Gasteiger partial charge in [-0.2, -0.15) is 0 Å². The largest absolute Gasteiger partial charge is 0.445 e. The lowest BCUT2D eigenvalue weighted by Gasteiger charge is -2.09. The zero-order valence-electron chi connectivity index (χ0n) is 37.2. The second-order valence-electron chi connectivity index (χ2n) is 14.4. The number of amides is 1. The van der Waals surface area contributed by atoms with E-state index in [-0.39, 0.29) is 6.61 Å². The highest BCUT2D eigenvalue weighted by atomic mass is 16.6. The summed E-state index contributed by atoms with van der Waals surface area (Å²) in [5.41, 5.74) is 0.941. The van der Waals surface area contributed by atoms with E-state index in [9.17, 15) is 4.79 Å². The average molecular weight is 844 g/mol. The predicted octanol–water partition coefficient (Wildman–Crippen LogP) is 8.34. The molecule has 1 aromatic rings. The first-order valence-electron chi connectivity index (χ1n) is 23.0. The van der Waals surface area contributed by atoms with Crippen LogP contribution in [0.5, 0.6) is 0 Å². The van der Waals surface area contributed by atoms with E-state index in [2.05, 4.69) is 12.2 Å². The van der Waals surface area contributed by atoms with Gasteiger partial charge >= 0.3 is 6.09 Å².